The van der Waals surface area contributed by atoms with Crippen LogP contribution in [0.3, 0.4) is 0 Å². The summed E-state index contributed by atoms with van der Waals surface area (Å²) in [6.07, 6.45) is -0.109. The molecule has 0 saturated heterocycles. The zero-order valence-corrected chi connectivity index (χ0v) is 12.8. The second kappa shape index (κ2) is 6.84. The molecule has 0 aliphatic carbocycles. The van der Waals surface area contributed by atoms with E-state index in [1.807, 2.05) is 29.0 Å². The Morgan fingerprint density at radius 3 is 2.95 bits per heavy atom. The number of benzene rings is 1. The van der Waals surface area contributed by atoms with Crippen LogP contribution in [0.4, 0.5) is 0 Å². The second-order valence-electron chi connectivity index (χ2n) is 4.00. The van der Waals surface area contributed by atoms with Crippen LogP contribution in [-0.2, 0) is 4.74 Å². The number of amides is 1. The lowest BCUT2D eigenvalue weighted by Gasteiger charge is -2.15. The largest absolute Gasteiger partial charge is 0.375 e. The third-order valence-corrected chi connectivity index (χ3v) is 3.93. The van der Waals surface area contributed by atoms with Gasteiger partial charge in [-0.05, 0) is 40.6 Å². The van der Waals surface area contributed by atoms with Gasteiger partial charge in [0.05, 0.1) is 0 Å². The first-order chi connectivity index (χ1) is 9.20. The number of halogens is 1. The van der Waals surface area contributed by atoms with E-state index in [2.05, 4.69) is 21.2 Å². The molecule has 1 atom stereocenters. The van der Waals surface area contributed by atoms with Crippen LogP contribution in [0.5, 0.6) is 0 Å². The van der Waals surface area contributed by atoms with Crippen molar-refractivity contribution in [3.05, 3.63) is 56.7 Å². The summed E-state index contributed by atoms with van der Waals surface area (Å²) in [6, 6.07) is 9.31. The summed E-state index contributed by atoms with van der Waals surface area (Å²) in [4.78, 5) is 12.0. The summed E-state index contributed by atoms with van der Waals surface area (Å²) in [5.74, 6) is -0.0985. The molecule has 0 fully saturated rings. The number of carbonyl (C=O) groups excluding carboxylic acids is 1. The van der Waals surface area contributed by atoms with Crippen molar-refractivity contribution in [2.75, 3.05) is 13.7 Å². The van der Waals surface area contributed by atoms with Gasteiger partial charge in [0.15, 0.2) is 0 Å². The van der Waals surface area contributed by atoms with E-state index in [4.69, 9.17) is 4.74 Å². The van der Waals surface area contributed by atoms with Crippen LogP contribution >= 0.6 is 27.3 Å². The lowest BCUT2D eigenvalue weighted by molar-refractivity contribution is 0.0829. The summed E-state index contributed by atoms with van der Waals surface area (Å²) in [5.41, 5.74) is 1.72. The Hall–Kier alpha value is -1.17. The summed E-state index contributed by atoms with van der Waals surface area (Å²) in [7, 11) is 1.65. The number of nitrogens with one attached hydrogen (secondary N) is 1. The molecule has 0 saturated carbocycles. The Morgan fingerprint density at radius 1 is 1.47 bits per heavy atom. The molecule has 2 rings (SSSR count). The van der Waals surface area contributed by atoms with Gasteiger partial charge in [-0.2, -0.15) is 11.3 Å². The van der Waals surface area contributed by atoms with Gasteiger partial charge in [-0.25, -0.2) is 0 Å². The van der Waals surface area contributed by atoms with Crippen LogP contribution in [0.2, 0.25) is 0 Å². The molecule has 1 heterocycles. The quantitative estimate of drug-likeness (QED) is 0.903. The molecule has 3 nitrogen and oxygen atoms in total. The SMILES string of the molecule is CO[C@@H](CNC(=O)c1cccc(Br)c1)c1ccsc1. The third-order valence-electron chi connectivity index (χ3n) is 2.73. The topological polar surface area (TPSA) is 38.3 Å². The summed E-state index contributed by atoms with van der Waals surface area (Å²) in [5, 5.41) is 6.91. The Kier molecular flexibility index (Phi) is 5.13. The predicted octanol–water partition coefficient (Wildman–Crippen LogP) is 3.63. The van der Waals surface area contributed by atoms with Gasteiger partial charge in [0.25, 0.3) is 5.91 Å². The van der Waals surface area contributed by atoms with Crippen LogP contribution in [0.15, 0.2) is 45.6 Å². The number of rotatable bonds is 5. The van der Waals surface area contributed by atoms with E-state index in [1.54, 1.807) is 30.6 Å². The minimum Gasteiger partial charge on any atom is -0.375 e. The highest BCUT2D eigenvalue weighted by Crippen LogP contribution is 2.19. The van der Waals surface area contributed by atoms with Crippen molar-refractivity contribution in [1.29, 1.82) is 0 Å². The van der Waals surface area contributed by atoms with Crippen LogP contribution < -0.4 is 5.32 Å². The van der Waals surface area contributed by atoms with Gasteiger partial charge in [-0.15, -0.1) is 0 Å². The van der Waals surface area contributed by atoms with E-state index < -0.39 is 0 Å². The highest BCUT2D eigenvalue weighted by atomic mass is 79.9. The molecule has 1 amide bonds. The minimum absolute atomic E-state index is 0.0985. The molecule has 0 radical (unpaired) electrons. The predicted molar refractivity (Wildman–Crippen MR) is 80.5 cm³/mol. The van der Waals surface area contributed by atoms with E-state index in [0.29, 0.717) is 12.1 Å². The summed E-state index contributed by atoms with van der Waals surface area (Å²) in [6.45, 7) is 0.457. The average molecular weight is 340 g/mol. The summed E-state index contributed by atoms with van der Waals surface area (Å²) < 4.78 is 6.28. The van der Waals surface area contributed by atoms with E-state index >= 15 is 0 Å². The number of hydrogen-bond acceptors (Lipinski definition) is 3. The fourth-order valence-electron chi connectivity index (χ4n) is 1.71. The number of thiophene rings is 1. The van der Waals surface area contributed by atoms with Crippen molar-refractivity contribution in [2.24, 2.45) is 0 Å². The molecule has 2 aromatic rings. The summed E-state index contributed by atoms with van der Waals surface area (Å²) >= 11 is 4.97. The standard InChI is InChI=1S/C14H14BrNO2S/c1-18-13(11-5-6-19-9-11)8-16-14(17)10-3-2-4-12(15)7-10/h2-7,9,13H,8H2,1H3,(H,16,17)/t13-/m0/s1. The van der Waals surface area contributed by atoms with Crippen LogP contribution in [0.1, 0.15) is 22.0 Å². The zero-order valence-electron chi connectivity index (χ0n) is 10.4. The van der Waals surface area contributed by atoms with Gasteiger partial charge >= 0.3 is 0 Å². The molecule has 0 bridgehead atoms. The third kappa shape index (κ3) is 3.89. The molecule has 5 heteroatoms. The monoisotopic (exact) mass is 339 g/mol. The second-order valence-corrected chi connectivity index (χ2v) is 5.70. The highest BCUT2D eigenvalue weighted by molar-refractivity contribution is 9.10. The first kappa shape index (κ1) is 14.2. The normalized spacial score (nSPS) is 12.1. The van der Waals surface area contributed by atoms with Crippen molar-refractivity contribution in [3.63, 3.8) is 0 Å². The van der Waals surface area contributed by atoms with Gasteiger partial charge < -0.3 is 10.1 Å². The molecule has 1 aromatic carbocycles. The van der Waals surface area contributed by atoms with Crippen molar-refractivity contribution in [1.82, 2.24) is 5.32 Å². The fourth-order valence-corrected chi connectivity index (χ4v) is 2.81. The lowest BCUT2D eigenvalue weighted by atomic mass is 10.2. The van der Waals surface area contributed by atoms with Crippen molar-refractivity contribution in [3.8, 4) is 0 Å². The highest BCUT2D eigenvalue weighted by Gasteiger charge is 2.13. The molecule has 100 valence electrons. The first-order valence-corrected chi connectivity index (χ1v) is 7.53. The van der Waals surface area contributed by atoms with Crippen molar-refractivity contribution < 1.29 is 9.53 Å². The maximum Gasteiger partial charge on any atom is 0.251 e. The average Bonchev–Trinajstić information content (AvgIpc) is 2.93. The van der Waals surface area contributed by atoms with Gasteiger partial charge in [-0.3, -0.25) is 4.79 Å². The number of hydrogen-bond donors (Lipinski definition) is 1. The van der Waals surface area contributed by atoms with E-state index in [1.165, 1.54) is 0 Å². The number of methoxy groups -OCH3 is 1. The number of ether oxygens (including phenoxy) is 1. The van der Waals surface area contributed by atoms with Crippen molar-refractivity contribution in [2.45, 2.75) is 6.10 Å². The Labute approximate surface area is 124 Å². The van der Waals surface area contributed by atoms with Gasteiger partial charge in [0.1, 0.15) is 6.10 Å². The van der Waals surface area contributed by atoms with Crippen molar-refractivity contribution >= 4 is 33.2 Å². The Balaban J connectivity index is 1.96. The van der Waals surface area contributed by atoms with Gasteiger partial charge in [0, 0.05) is 23.7 Å². The Bertz CT molecular complexity index is 542. The minimum atomic E-state index is -0.109. The molecule has 1 aromatic heterocycles. The smallest absolute Gasteiger partial charge is 0.251 e. The molecule has 1 N–H and O–H groups in total. The molecule has 0 aliphatic heterocycles. The lowest BCUT2D eigenvalue weighted by Crippen LogP contribution is -2.28. The fraction of sp³-hybridized carbons (Fsp3) is 0.214. The molecular formula is C14H14BrNO2S. The van der Waals surface area contributed by atoms with E-state index in [9.17, 15) is 4.79 Å². The number of carbonyl (C=O) groups is 1. The molecular weight excluding hydrogens is 326 g/mol. The van der Waals surface area contributed by atoms with Crippen LogP contribution in [0.25, 0.3) is 0 Å². The maximum atomic E-state index is 12.0. The van der Waals surface area contributed by atoms with Crippen LogP contribution in [-0.4, -0.2) is 19.6 Å². The molecule has 0 unspecified atom stereocenters. The zero-order chi connectivity index (χ0) is 13.7. The van der Waals surface area contributed by atoms with Crippen LogP contribution in [0, 0.1) is 0 Å². The van der Waals surface area contributed by atoms with Gasteiger partial charge in [0.2, 0.25) is 0 Å². The molecule has 0 spiro atoms. The van der Waals surface area contributed by atoms with E-state index in [0.717, 1.165) is 10.0 Å². The van der Waals surface area contributed by atoms with Gasteiger partial charge in [-0.1, -0.05) is 22.0 Å². The Morgan fingerprint density at radius 2 is 2.32 bits per heavy atom. The van der Waals surface area contributed by atoms with E-state index in [-0.39, 0.29) is 12.0 Å². The molecule has 19 heavy (non-hydrogen) atoms. The first-order valence-electron chi connectivity index (χ1n) is 5.79. The molecule has 0 aliphatic rings. The maximum absolute atomic E-state index is 12.0.